The second-order valence-corrected chi connectivity index (χ2v) is 16.2. The molecule has 308 valence electrons. The standard InChI is InChI=1S/C46H88O6/c1-5-7-9-11-13-14-22-26-30-34-38-45(48)51-41-43(40-50-44(47)37-33-29-24-12-10-8-6-2)52-46(49)39-35-31-27-23-20-18-16-15-17-19-21-25-28-32-36-42(3)4/h42-43H,5-41H2,1-4H3/t43-/m0/s1. The van der Waals surface area contributed by atoms with Crippen molar-refractivity contribution in [2.24, 2.45) is 5.92 Å². The molecule has 0 heterocycles. The second kappa shape index (κ2) is 40.6. The number of hydrogen-bond donors (Lipinski definition) is 0. The van der Waals surface area contributed by atoms with Crippen molar-refractivity contribution in [3.8, 4) is 0 Å². The van der Waals surface area contributed by atoms with Gasteiger partial charge in [0, 0.05) is 19.3 Å². The second-order valence-electron chi connectivity index (χ2n) is 16.2. The van der Waals surface area contributed by atoms with Gasteiger partial charge in [0.1, 0.15) is 13.2 Å². The van der Waals surface area contributed by atoms with Gasteiger partial charge in [-0.15, -0.1) is 0 Å². The Morgan fingerprint density at radius 3 is 0.942 bits per heavy atom. The lowest BCUT2D eigenvalue weighted by Crippen LogP contribution is -2.30. The van der Waals surface area contributed by atoms with E-state index in [1.807, 2.05) is 0 Å². The first-order valence-corrected chi connectivity index (χ1v) is 22.9. The lowest BCUT2D eigenvalue weighted by Gasteiger charge is -2.18. The van der Waals surface area contributed by atoms with Crippen molar-refractivity contribution in [3.63, 3.8) is 0 Å². The number of rotatable bonds is 41. The summed E-state index contributed by atoms with van der Waals surface area (Å²) in [6.45, 7) is 8.96. The zero-order valence-electron chi connectivity index (χ0n) is 35.3. The monoisotopic (exact) mass is 737 g/mol. The van der Waals surface area contributed by atoms with Crippen LogP contribution < -0.4 is 0 Å². The summed E-state index contributed by atoms with van der Waals surface area (Å²) >= 11 is 0. The van der Waals surface area contributed by atoms with Crippen LogP contribution in [-0.2, 0) is 28.6 Å². The van der Waals surface area contributed by atoms with Crippen LogP contribution >= 0.6 is 0 Å². The molecule has 0 N–H and O–H groups in total. The molecule has 0 saturated heterocycles. The molecule has 0 unspecified atom stereocenters. The third-order valence-electron chi connectivity index (χ3n) is 10.3. The van der Waals surface area contributed by atoms with Gasteiger partial charge in [-0.2, -0.15) is 0 Å². The van der Waals surface area contributed by atoms with Crippen molar-refractivity contribution in [1.82, 2.24) is 0 Å². The molecule has 0 aliphatic carbocycles. The summed E-state index contributed by atoms with van der Waals surface area (Å²) in [5.41, 5.74) is 0. The maximum absolute atomic E-state index is 12.7. The highest BCUT2D eigenvalue weighted by Gasteiger charge is 2.19. The van der Waals surface area contributed by atoms with Gasteiger partial charge in [0.15, 0.2) is 6.10 Å². The fourth-order valence-corrected chi connectivity index (χ4v) is 6.80. The summed E-state index contributed by atoms with van der Waals surface area (Å²) in [6, 6.07) is 0. The van der Waals surface area contributed by atoms with Gasteiger partial charge in [0.05, 0.1) is 0 Å². The Bertz CT molecular complexity index is 781. The van der Waals surface area contributed by atoms with Crippen LogP contribution in [0.15, 0.2) is 0 Å². The molecule has 6 nitrogen and oxygen atoms in total. The molecule has 6 heteroatoms. The predicted octanol–water partition coefficient (Wildman–Crippen LogP) is 14.3. The molecule has 52 heavy (non-hydrogen) atoms. The van der Waals surface area contributed by atoms with E-state index in [4.69, 9.17) is 14.2 Å². The highest BCUT2D eigenvalue weighted by atomic mass is 16.6. The van der Waals surface area contributed by atoms with Gasteiger partial charge in [0.25, 0.3) is 0 Å². The first kappa shape index (κ1) is 50.4. The largest absolute Gasteiger partial charge is 0.462 e. The van der Waals surface area contributed by atoms with Gasteiger partial charge < -0.3 is 14.2 Å². The van der Waals surface area contributed by atoms with E-state index in [1.165, 1.54) is 148 Å². The zero-order chi connectivity index (χ0) is 38.2. The Morgan fingerprint density at radius 1 is 0.365 bits per heavy atom. The molecule has 0 radical (unpaired) electrons. The van der Waals surface area contributed by atoms with Gasteiger partial charge in [-0.25, -0.2) is 0 Å². The first-order valence-electron chi connectivity index (χ1n) is 22.9. The normalized spacial score (nSPS) is 11.9. The fraction of sp³-hybridized carbons (Fsp3) is 0.935. The molecule has 0 aromatic heterocycles. The maximum Gasteiger partial charge on any atom is 0.306 e. The van der Waals surface area contributed by atoms with E-state index in [-0.39, 0.29) is 31.1 Å². The van der Waals surface area contributed by atoms with Crippen molar-refractivity contribution in [2.75, 3.05) is 13.2 Å². The van der Waals surface area contributed by atoms with Gasteiger partial charge >= 0.3 is 17.9 Å². The SMILES string of the molecule is CCCCCCCCCCCCC(=O)OC[C@H](COC(=O)CCCCCCCCC)OC(=O)CCCCCCCCCCCCCCCCC(C)C. The Hall–Kier alpha value is -1.59. The van der Waals surface area contributed by atoms with Crippen LogP contribution in [-0.4, -0.2) is 37.2 Å². The van der Waals surface area contributed by atoms with Crippen molar-refractivity contribution < 1.29 is 28.6 Å². The minimum Gasteiger partial charge on any atom is -0.462 e. The van der Waals surface area contributed by atoms with Gasteiger partial charge in [-0.1, -0.05) is 214 Å². The van der Waals surface area contributed by atoms with Crippen molar-refractivity contribution in [1.29, 1.82) is 0 Å². The molecule has 0 spiro atoms. The van der Waals surface area contributed by atoms with Crippen LogP contribution in [0.2, 0.25) is 0 Å². The Kier molecular flexibility index (Phi) is 39.4. The van der Waals surface area contributed by atoms with Crippen molar-refractivity contribution in [3.05, 3.63) is 0 Å². The average Bonchev–Trinajstić information content (AvgIpc) is 3.12. The molecule has 0 aromatic carbocycles. The topological polar surface area (TPSA) is 78.9 Å². The van der Waals surface area contributed by atoms with E-state index in [9.17, 15) is 14.4 Å². The maximum atomic E-state index is 12.7. The fourth-order valence-electron chi connectivity index (χ4n) is 6.80. The number of hydrogen-bond acceptors (Lipinski definition) is 6. The summed E-state index contributed by atoms with van der Waals surface area (Å²) in [6.07, 6.45) is 39.5. The van der Waals surface area contributed by atoms with Gasteiger partial charge in [0.2, 0.25) is 0 Å². The third-order valence-corrected chi connectivity index (χ3v) is 10.3. The van der Waals surface area contributed by atoms with E-state index in [2.05, 4.69) is 27.7 Å². The Morgan fingerprint density at radius 2 is 0.635 bits per heavy atom. The van der Waals surface area contributed by atoms with E-state index >= 15 is 0 Å². The van der Waals surface area contributed by atoms with Crippen LogP contribution in [0.3, 0.4) is 0 Å². The Labute approximate surface area is 323 Å². The lowest BCUT2D eigenvalue weighted by molar-refractivity contribution is -0.167. The summed E-state index contributed by atoms with van der Waals surface area (Å²) in [7, 11) is 0. The van der Waals surface area contributed by atoms with Gasteiger partial charge in [-0.3, -0.25) is 14.4 Å². The molecule has 0 amide bonds. The molecule has 0 fully saturated rings. The summed E-state index contributed by atoms with van der Waals surface area (Å²) in [5.74, 6) is -0.0176. The summed E-state index contributed by atoms with van der Waals surface area (Å²) in [5, 5.41) is 0. The third kappa shape index (κ3) is 39.6. The van der Waals surface area contributed by atoms with E-state index in [0.29, 0.717) is 19.3 Å². The number of esters is 3. The molecule has 0 aromatic rings. The van der Waals surface area contributed by atoms with Gasteiger partial charge in [-0.05, 0) is 25.2 Å². The number of carbonyl (C=O) groups excluding carboxylic acids is 3. The van der Waals surface area contributed by atoms with Crippen LogP contribution in [0.25, 0.3) is 0 Å². The molecule has 0 bridgehead atoms. The predicted molar refractivity (Wildman–Crippen MR) is 220 cm³/mol. The molecule has 0 aliphatic heterocycles. The molecular weight excluding hydrogens is 648 g/mol. The minimum atomic E-state index is -0.757. The molecule has 0 aliphatic rings. The molecule has 0 saturated carbocycles. The van der Waals surface area contributed by atoms with Crippen LogP contribution in [0.1, 0.15) is 252 Å². The van der Waals surface area contributed by atoms with Crippen molar-refractivity contribution >= 4 is 17.9 Å². The Balaban J connectivity index is 4.22. The van der Waals surface area contributed by atoms with E-state index < -0.39 is 6.10 Å². The highest BCUT2D eigenvalue weighted by molar-refractivity contribution is 5.71. The van der Waals surface area contributed by atoms with Crippen molar-refractivity contribution in [2.45, 2.75) is 259 Å². The van der Waals surface area contributed by atoms with Crippen LogP contribution in [0.4, 0.5) is 0 Å². The quantitative estimate of drug-likeness (QED) is 0.0353. The smallest absolute Gasteiger partial charge is 0.306 e. The molecular formula is C46H88O6. The highest BCUT2D eigenvalue weighted by Crippen LogP contribution is 2.16. The number of ether oxygens (including phenoxy) is 3. The van der Waals surface area contributed by atoms with E-state index in [1.54, 1.807) is 0 Å². The summed E-state index contributed by atoms with van der Waals surface area (Å²) < 4.78 is 16.6. The van der Waals surface area contributed by atoms with Crippen LogP contribution in [0, 0.1) is 5.92 Å². The molecule has 0 rings (SSSR count). The van der Waals surface area contributed by atoms with E-state index in [0.717, 1.165) is 63.7 Å². The lowest BCUT2D eigenvalue weighted by atomic mass is 10.0. The average molecular weight is 737 g/mol. The minimum absolute atomic E-state index is 0.0641. The summed E-state index contributed by atoms with van der Waals surface area (Å²) in [4.78, 5) is 37.5. The first-order chi connectivity index (χ1) is 25.4. The molecule has 1 atom stereocenters. The number of unbranched alkanes of at least 4 members (excludes halogenated alkanes) is 28. The number of carbonyl (C=O) groups is 3. The van der Waals surface area contributed by atoms with Crippen LogP contribution in [0.5, 0.6) is 0 Å². The zero-order valence-corrected chi connectivity index (χ0v) is 35.3.